The maximum Gasteiger partial charge on any atom is 0.293 e. The molecule has 7 heteroatoms. The Kier molecular flexibility index (Phi) is 4.98. The Morgan fingerprint density at radius 1 is 1.38 bits per heavy atom. The summed E-state index contributed by atoms with van der Waals surface area (Å²) in [6.45, 7) is 5.37. The van der Waals surface area contributed by atoms with Gasteiger partial charge < -0.3 is 4.42 Å². The highest BCUT2D eigenvalue weighted by molar-refractivity contribution is 7.13. The first-order valence-corrected chi connectivity index (χ1v) is 10.00. The van der Waals surface area contributed by atoms with Crippen molar-refractivity contribution >= 4 is 44.9 Å². The molecule has 1 N–H and O–H groups in total. The first-order chi connectivity index (χ1) is 12.6. The minimum absolute atomic E-state index is 0.254. The molecule has 1 aliphatic rings. The normalized spacial score (nSPS) is 16.2. The Morgan fingerprint density at radius 3 is 3.00 bits per heavy atom. The largest absolute Gasteiger partial charge is 0.451 e. The monoisotopic (exact) mass is 389 g/mol. The van der Waals surface area contributed by atoms with Gasteiger partial charge in [0.25, 0.3) is 5.91 Å². The molecule has 0 atom stereocenters. The number of furan rings is 1. The number of hydrogen-bond acceptors (Lipinski definition) is 5. The number of piperidine rings is 1. The molecular weight excluding hydrogens is 370 g/mol. The number of amides is 1. The van der Waals surface area contributed by atoms with Crippen LogP contribution in [0.2, 0.25) is 5.02 Å². The number of carbonyl (C=O) groups is 1. The molecule has 0 spiro atoms. The van der Waals surface area contributed by atoms with E-state index < -0.39 is 0 Å². The fraction of sp³-hybridized carbons (Fsp3) is 0.368. The zero-order valence-electron chi connectivity index (χ0n) is 14.5. The molecular formula is C19H20ClN3O2S. The number of anilines is 1. The van der Waals surface area contributed by atoms with Gasteiger partial charge in [-0.15, -0.1) is 11.3 Å². The lowest BCUT2D eigenvalue weighted by molar-refractivity contribution is 0.0998. The van der Waals surface area contributed by atoms with E-state index in [9.17, 15) is 4.79 Å². The third-order valence-electron chi connectivity index (χ3n) is 4.74. The summed E-state index contributed by atoms with van der Waals surface area (Å²) in [5.41, 5.74) is 1.63. The van der Waals surface area contributed by atoms with Crippen molar-refractivity contribution in [2.24, 2.45) is 5.92 Å². The van der Waals surface area contributed by atoms with Gasteiger partial charge in [0, 0.05) is 22.3 Å². The number of rotatable bonds is 4. The Morgan fingerprint density at radius 2 is 2.19 bits per heavy atom. The number of aromatic nitrogens is 1. The summed E-state index contributed by atoms with van der Waals surface area (Å²) in [6, 6.07) is 6.97. The van der Waals surface area contributed by atoms with Crippen molar-refractivity contribution in [3.63, 3.8) is 0 Å². The van der Waals surface area contributed by atoms with Crippen molar-refractivity contribution in [1.82, 2.24) is 9.88 Å². The summed E-state index contributed by atoms with van der Waals surface area (Å²) >= 11 is 7.41. The van der Waals surface area contributed by atoms with E-state index in [0.29, 0.717) is 15.7 Å². The van der Waals surface area contributed by atoms with E-state index in [0.717, 1.165) is 36.6 Å². The van der Waals surface area contributed by atoms with Crippen LogP contribution in [0.25, 0.3) is 11.0 Å². The van der Waals surface area contributed by atoms with Gasteiger partial charge in [-0.1, -0.05) is 18.5 Å². The quantitative estimate of drug-likeness (QED) is 0.680. The fourth-order valence-electron chi connectivity index (χ4n) is 3.17. The predicted molar refractivity (Wildman–Crippen MR) is 105 cm³/mol. The zero-order valence-corrected chi connectivity index (χ0v) is 16.1. The van der Waals surface area contributed by atoms with Crippen LogP contribution in [0.3, 0.4) is 0 Å². The van der Waals surface area contributed by atoms with Gasteiger partial charge in [-0.05, 0) is 56.1 Å². The van der Waals surface area contributed by atoms with Crippen LogP contribution in [-0.2, 0) is 6.54 Å². The highest BCUT2D eigenvalue weighted by Crippen LogP contribution is 2.25. The molecule has 2 aromatic heterocycles. The molecule has 1 aliphatic heterocycles. The summed E-state index contributed by atoms with van der Waals surface area (Å²) in [5.74, 6) is 0.768. The van der Waals surface area contributed by atoms with Gasteiger partial charge in [0.1, 0.15) is 5.58 Å². The number of fused-ring (bicyclic) bond motifs is 1. The smallest absolute Gasteiger partial charge is 0.293 e. The molecule has 1 saturated heterocycles. The number of nitrogens with one attached hydrogen (secondary N) is 1. The summed E-state index contributed by atoms with van der Waals surface area (Å²) < 4.78 is 5.59. The zero-order chi connectivity index (χ0) is 18.1. The maximum atomic E-state index is 12.4. The van der Waals surface area contributed by atoms with Gasteiger partial charge in [0.05, 0.1) is 5.69 Å². The minimum atomic E-state index is -0.301. The van der Waals surface area contributed by atoms with Gasteiger partial charge in [-0.25, -0.2) is 4.98 Å². The predicted octanol–water partition coefficient (Wildman–Crippen LogP) is 5.03. The molecule has 0 saturated carbocycles. The van der Waals surface area contributed by atoms with Crippen LogP contribution in [0.1, 0.15) is 36.0 Å². The van der Waals surface area contributed by atoms with E-state index in [1.54, 1.807) is 24.3 Å². The van der Waals surface area contributed by atoms with Gasteiger partial charge >= 0.3 is 0 Å². The van der Waals surface area contributed by atoms with Gasteiger partial charge in [-0.3, -0.25) is 15.0 Å². The molecule has 3 heterocycles. The molecule has 0 unspecified atom stereocenters. The molecule has 1 amide bonds. The van der Waals surface area contributed by atoms with Gasteiger partial charge in [0.15, 0.2) is 10.9 Å². The molecule has 0 bridgehead atoms. The van der Waals surface area contributed by atoms with Crippen LogP contribution >= 0.6 is 22.9 Å². The molecule has 3 aromatic rings. The van der Waals surface area contributed by atoms with E-state index in [1.165, 1.54) is 24.2 Å². The third kappa shape index (κ3) is 3.92. The number of benzene rings is 1. The summed E-state index contributed by atoms with van der Waals surface area (Å²) in [6.07, 6.45) is 2.48. The highest BCUT2D eigenvalue weighted by atomic mass is 35.5. The maximum absolute atomic E-state index is 12.4. The molecule has 136 valence electrons. The number of nitrogens with zero attached hydrogens (tertiary/aromatic N) is 2. The average molecular weight is 390 g/mol. The number of halogens is 1. The summed E-state index contributed by atoms with van der Waals surface area (Å²) in [4.78, 5) is 19.4. The lowest BCUT2D eigenvalue weighted by atomic mass is 9.99. The third-order valence-corrected chi connectivity index (χ3v) is 5.78. The second kappa shape index (κ2) is 7.39. The van der Waals surface area contributed by atoms with Crippen molar-refractivity contribution in [2.75, 3.05) is 18.4 Å². The molecule has 4 rings (SSSR count). The average Bonchev–Trinajstić information content (AvgIpc) is 3.23. The van der Waals surface area contributed by atoms with Crippen LogP contribution < -0.4 is 5.32 Å². The highest BCUT2D eigenvalue weighted by Gasteiger charge is 2.18. The SMILES string of the molecule is CC1CCN(Cc2csc(NC(=O)c3cc4cc(Cl)ccc4o3)n2)CC1. The van der Waals surface area contributed by atoms with Crippen LogP contribution in [0.5, 0.6) is 0 Å². The van der Waals surface area contributed by atoms with E-state index in [2.05, 4.69) is 22.1 Å². The van der Waals surface area contributed by atoms with Gasteiger partial charge in [0.2, 0.25) is 0 Å². The molecule has 26 heavy (non-hydrogen) atoms. The lowest BCUT2D eigenvalue weighted by Crippen LogP contribution is -2.32. The summed E-state index contributed by atoms with van der Waals surface area (Å²) in [7, 11) is 0. The van der Waals surface area contributed by atoms with Gasteiger partial charge in [-0.2, -0.15) is 0 Å². The molecule has 1 fully saturated rings. The second-order valence-electron chi connectivity index (χ2n) is 6.85. The van der Waals surface area contributed by atoms with Crippen molar-refractivity contribution in [2.45, 2.75) is 26.3 Å². The van der Waals surface area contributed by atoms with Crippen molar-refractivity contribution in [1.29, 1.82) is 0 Å². The standard InChI is InChI=1S/C19H20ClN3O2S/c1-12-4-6-23(7-5-12)10-15-11-26-19(21-15)22-18(24)17-9-13-8-14(20)2-3-16(13)25-17/h2-3,8-9,11-12H,4-7,10H2,1H3,(H,21,22,24). The first kappa shape index (κ1) is 17.5. The Bertz CT molecular complexity index is 928. The topological polar surface area (TPSA) is 58.4 Å². The lowest BCUT2D eigenvalue weighted by Gasteiger charge is -2.29. The van der Waals surface area contributed by atoms with E-state index >= 15 is 0 Å². The Balaban J connectivity index is 1.40. The van der Waals surface area contributed by atoms with Crippen LogP contribution in [0.15, 0.2) is 34.1 Å². The van der Waals surface area contributed by atoms with E-state index in [4.69, 9.17) is 16.0 Å². The fourth-order valence-corrected chi connectivity index (χ4v) is 4.05. The van der Waals surface area contributed by atoms with Crippen LogP contribution in [0.4, 0.5) is 5.13 Å². The number of likely N-dealkylation sites (tertiary alicyclic amines) is 1. The van der Waals surface area contributed by atoms with Crippen molar-refractivity contribution in [3.8, 4) is 0 Å². The second-order valence-corrected chi connectivity index (χ2v) is 8.14. The number of hydrogen-bond donors (Lipinski definition) is 1. The van der Waals surface area contributed by atoms with Crippen molar-refractivity contribution in [3.05, 3.63) is 46.1 Å². The molecule has 5 nitrogen and oxygen atoms in total. The van der Waals surface area contributed by atoms with Crippen LogP contribution in [0, 0.1) is 5.92 Å². The van der Waals surface area contributed by atoms with E-state index in [1.807, 2.05) is 5.38 Å². The molecule has 1 aromatic carbocycles. The number of carbonyl (C=O) groups excluding carboxylic acids is 1. The van der Waals surface area contributed by atoms with Crippen molar-refractivity contribution < 1.29 is 9.21 Å². The first-order valence-electron chi connectivity index (χ1n) is 8.74. The van der Waals surface area contributed by atoms with E-state index in [-0.39, 0.29) is 11.7 Å². The van der Waals surface area contributed by atoms with Crippen LogP contribution in [-0.4, -0.2) is 28.9 Å². The summed E-state index contributed by atoms with van der Waals surface area (Å²) in [5, 5.41) is 6.84. The Hall–Kier alpha value is -1.89. The Labute approximate surface area is 161 Å². The molecule has 0 aliphatic carbocycles. The number of thiazole rings is 1. The minimum Gasteiger partial charge on any atom is -0.451 e. The molecule has 0 radical (unpaired) electrons.